The predicted molar refractivity (Wildman–Crippen MR) is 289 cm³/mol. The van der Waals surface area contributed by atoms with E-state index in [1.807, 2.05) is 6.07 Å². The van der Waals surface area contributed by atoms with Crippen LogP contribution < -0.4 is 26.2 Å². The van der Waals surface area contributed by atoms with Crippen LogP contribution >= 0.6 is 0 Å². The fraction of sp³-hybridized carbons (Fsp3) is 0.250. The van der Waals surface area contributed by atoms with Crippen LogP contribution in [0, 0.1) is 0 Å². The third-order valence-corrected chi connectivity index (χ3v) is 17.0. The molecule has 0 atom stereocenters. The highest BCUT2D eigenvalue weighted by Gasteiger charge is 2.47. The first-order valence-electron chi connectivity index (χ1n) is 25.0. The minimum absolute atomic E-state index is 0.000441. The number of rotatable bonds is 4. The summed E-state index contributed by atoms with van der Waals surface area (Å²) in [7, 11) is 0. The monoisotopic (exact) mass is 882 g/mol. The van der Waals surface area contributed by atoms with Crippen LogP contribution in [0.15, 0.2) is 168 Å². The van der Waals surface area contributed by atoms with Crippen molar-refractivity contribution in [2.45, 2.75) is 103 Å². The van der Waals surface area contributed by atoms with Crippen LogP contribution in [0.25, 0.3) is 44.2 Å². The van der Waals surface area contributed by atoms with Crippen molar-refractivity contribution in [3.05, 3.63) is 186 Å². The molecule has 0 N–H and O–H groups in total. The van der Waals surface area contributed by atoms with Crippen LogP contribution in [0.2, 0.25) is 0 Å². The molecule has 2 aliphatic heterocycles. The van der Waals surface area contributed by atoms with Crippen molar-refractivity contribution in [2.24, 2.45) is 0 Å². The molecule has 0 saturated heterocycles. The summed E-state index contributed by atoms with van der Waals surface area (Å²) in [6.45, 7) is 19.7. The third kappa shape index (κ3) is 6.11. The zero-order valence-corrected chi connectivity index (χ0v) is 40.8. The molecule has 68 heavy (non-hydrogen) atoms. The van der Waals surface area contributed by atoms with Crippen molar-refractivity contribution < 1.29 is 4.42 Å². The van der Waals surface area contributed by atoms with Crippen LogP contribution in [0.1, 0.15) is 103 Å². The fourth-order valence-corrected chi connectivity index (χ4v) is 12.8. The van der Waals surface area contributed by atoms with E-state index in [-0.39, 0.29) is 28.4 Å². The first-order valence-corrected chi connectivity index (χ1v) is 25.0. The number of nitrogens with zero attached hydrogens (tertiary/aromatic N) is 2. The Labute approximate surface area is 402 Å². The molecule has 13 rings (SSSR count). The molecular formula is C64H59BN2O. The second kappa shape index (κ2) is 14.4. The van der Waals surface area contributed by atoms with E-state index < -0.39 is 0 Å². The summed E-state index contributed by atoms with van der Waals surface area (Å²) >= 11 is 0. The standard InChI is InChI=1S/C64H59BN2O/c1-61(2)29-30-62(3,4)49-37-45(25-26-48(49)61)67-55-39-51-50(63(5,6)31-32-64(51,7)8)38-53(55)65-52-27-23-42(41-24-28-59-47(33-41)46-21-15-16-22-58(46)68-59)34-54(52)66(44-19-13-10-14-20-44)56-35-43(36-57(67)60(56)65)40-17-11-9-12-18-40/h9-28,33-39H,29-32H2,1-8H3. The van der Waals surface area contributed by atoms with Crippen LogP contribution in [0.4, 0.5) is 34.1 Å². The van der Waals surface area contributed by atoms with Gasteiger partial charge in [0.2, 0.25) is 0 Å². The van der Waals surface area contributed by atoms with Crippen molar-refractivity contribution in [3.63, 3.8) is 0 Å². The molecule has 0 bridgehead atoms. The van der Waals surface area contributed by atoms with E-state index in [9.17, 15) is 0 Å². The van der Waals surface area contributed by atoms with Gasteiger partial charge in [0.05, 0.1) is 0 Å². The Balaban J connectivity index is 1.13. The van der Waals surface area contributed by atoms with Crippen molar-refractivity contribution in [2.75, 3.05) is 9.80 Å². The van der Waals surface area contributed by atoms with E-state index in [1.54, 1.807) is 0 Å². The Morgan fingerprint density at radius 1 is 0.368 bits per heavy atom. The first kappa shape index (κ1) is 41.4. The van der Waals surface area contributed by atoms with Gasteiger partial charge in [-0.25, -0.2) is 0 Å². The highest BCUT2D eigenvalue weighted by atomic mass is 16.3. The molecule has 0 unspecified atom stereocenters. The molecule has 0 radical (unpaired) electrons. The topological polar surface area (TPSA) is 19.6 Å². The second-order valence-electron chi connectivity index (χ2n) is 23.0. The van der Waals surface area contributed by atoms with Crippen molar-refractivity contribution in [1.29, 1.82) is 0 Å². The lowest BCUT2D eigenvalue weighted by Crippen LogP contribution is -2.61. The Bertz CT molecular complexity index is 3540. The molecule has 1 aromatic heterocycles. The Hall–Kier alpha value is -6.78. The smallest absolute Gasteiger partial charge is 0.252 e. The fourth-order valence-electron chi connectivity index (χ4n) is 12.8. The van der Waals surface area contributed by atoms with Gasteiger partial charge in [-0.3, -0.25) is 0 Å². The zero-order valence-electron chi connectivity index (χ0n) is 40.8. The average Bonchev–Trinajstić information content (AvgIpc) is 3.72. The van der Waals surface area contributed by atoms with Gasteiger partial charge in [-0.15, -0.1) is 0 Å². The molecule has 0 fully saturated rings. The molecule has 4 aliphatic rings. The quantitative estimate of drug-likeness (QED) is 0.164. The maximum Gasteiger partial charge on any atom is 0.252 e. The molecule has 3 heterocycles. The first-order chi connectivity index (χ1) is 32.7. The van der Waals surface area contributed by atoms with E-state index in [4.69, 9.17) is 4.42 Å². The van der Waals surface area contributed by atoms with Gasteiger partial charge in [0.1, 0.15) is 11.2 Å². The van der Waals surface area contributed by atoms with Crippen LogP contribution in [0.3, 0.4) is 0 Å². The molecule has 8 aromatic carbocycles. The number of hydrogen-bond acceptors (Lipinski definition) is 3. The number of hydrogen-bond donors (Lipinski definition) is 0. The van der Waals surface area contributed by atoms with Crippen molar-refractivity contribution in [3.8, 4) is 22.3 Å². The SMILES string of the molecule is CC1(C)CCC(C)(C)c2cc(N3c4cc5c(cc4B4c6ccc(-c7ccc8oc9ccccc9c8c7)cc6N(c6ccccc6)c6cc(-c7ccccc7)cc3c64)C(C)(C)CCC5(C)C)ccc21. The van der Waals surface area contributed by atoms with Crippen molar-refractivity contribution >= 4 is 79.2 Å². The zero-order chi connectivity index (χ0) is 46.5. The van der Waals surface area contributed by atoms with E-state index in [2.05, 4.69) is 223 Å². The van der Waals surface area contributed by atoms with Gasteiger partial charge >= 0.3 is 0 Å². The molecular weight excluding hydrogens is 824 g/mol. The summed E-state index contributed by atoms with van der Waals surface area (Å²) in [6.07, 6.45) is 4.68. The summed E-state index contributed by atoms with van der Waals surface area (Å²) < 4.78 is 6.32. The number of anilines is 6. The molecule has 0 saturated carbocycles. The highest BCUT2D eigenvalue weighted by molar-refractivity contribution is 7.00. The van der Waals surface area contributed by atoms with Crippen LogP contribution in [-0.4, -0.2) is 6.71 Å². The highest BCUT2D eigenvalue weighted by Crippen LogP contribution is 2.53. The molecule has 4 heteroatoms. The van der Waals surface area contributed by atoms with E-state index >= 15 is 0 Å². The maximum absolute atomic E-state index is 6.32. The molecule has 0 amide bonds. The summed E-state index contributed by atoms with van der Waals surface area (Å²) in [4.78, 5) is 5.25. The minimum Gasteiger partial charge on any atom is -0.456 e. The second-order valence-corrected chi connectivity index (χ2v) is 23.0. The van der Waals surface area contributed by atoms with E-state index in [0.29, 0.717) is 0 Å². The van der Waals surface area contributed by atoms with Crippen LogP contribution in [0.5, 0.6) is 0 Å². The van der Waals surface area contributed by atoms with E-state index in [0.717, 1.165) is 40.5 Å². The largest absolute Gasteiger partial charge is 0.456 e. The summed E-state index contributed by atoms with van der Waals surface area (Å²) in [5, 5.41) is 2.29. The summed E-state index contributed by atoms with van der Waals surface area (Å²) in [5.74, 6) is 0. The van der Waals surface area contributed by atoms with Crippen LogP contribution in [-0.2, 0) is 21.7 Å². The number of para-hydroxylation sites is 2. The Morgan fingerprint density at radius 2 is 0.897 bits per heavy atom. The van der Waals surface area contributed by atoms with Gasteiger partial charge < -0.3 is 14.2 Å². The summed E-state index contributed by atoms with van der Waals surface area (Å²) in [5.41, 5.74) is 24.3. The Kier molecular flexibility index (Phi) is 8.75. The third-order valence-electron chi connectivity index (χ3n) is 17.0. The van der Waals surface area contributed by atoms with Gasteiger partial charge in [-0.05, 0) is 175 Å². The molecule has 3 nitrogen and oxygen atoms in total. The number of fused-ring (bicyclic) bond motifs is 9. The maximum atomic E-state index is 6.32. The van der Waals surface area contributed by atoms with Gasteiger partial charge in [-0.2, -0.15) is 0 Å². The lowest BCUT2D eigenvalue weighted by atomic mass is 9.33. The molecule has 2 aliphatic carbocycles. The molecule has 0 spiro atoms. The molecule has 334 valence electrons. The minimum atomic E-state index is -0.000441. The van der Waals surface area contributed by atoms with Gasteiger partial charge in [0, 0.05) is 44.9 Å². The van der Waals surface area contributed by atoms with Gasteiger partial charge in [0.15, 0.2) is 0 Å². The summed E-state index contributed by atoms with van der Waals surface area (Å²) in [6, 6.07) is 62.3. The van der Waals surface area contributed by atoms with Crippen molar-refractivity contribution in [1.82, 2.24) is 0 Å². The van der Waals surface area contributed by atoms with Gasteiger partial charge in [0.25, 0.3) is 6.71 Å². The normalized spacial score (nSPS) is 17.9. The Morgan fingerprint density at radius 3 is 1.60 bits per heavy atom. The average molecular weight is 883 g/mol. The number of benzene rings is 8. The predicted octanol–water partition coefficient (Wildman–Crippen LogP) is 15.7. The van der Waals surface area contributed by atoms with E-state index in [1.165, 1.54) is 102 Å². The molecule has 9 aromatic rings. The van der Waals surface area contributed by atoms with Gasteiger partial charge in [-0.1, -0.05) is 152 Å². The lowest BCUT2D eigenvalue weighted by molar-refractivity contribution is 0.332. The number of furan rings is 1. The lowest BCUT2D eigenvalue weighted by Gasteiger charge is -2.48.